The van der Waals surface area contributed by atoms with E-state index in [4.69, 9.17) is 4.74 Å². The van der Waals surface area contributed by atoms with Gasteiger partial charge in [-0.3, -0.25) is 9.59 Å². The first-order chi connectivity index (χ1) is 19.1. The Morgan fingerprint density at radius 3 is 2.30 bits per heavy atom. The number of methoxy groups -OCH3 is 1. The van der Waals surface area contributed by atoms with Crippen molar-refractivity contribution in [1.82, 2.24) is 24.0 Å². The summed E-state index contributed by atoms with van der Waals surface area (Å²) in [6.07, 6.45) is 0.934. The van der Waals surface area contributed by atoms with Gasteiger partial charge in [0.15, 0.2) is 0 Å². The van der Waals surface area contributed by atoms with E-state index in [-0.39, 0.29) is 66.3 Å². The number of hydrogen-bond donors (Lipinski definition) is 1. The third-order valence-electron chi connectivity index (χ3n) is 8.23. The zero-order valence-corrected chi connectivity index (χ0v) is 24.0. The normalized spacial score (nSPS) is 22.0. The van der Waals surface area contributed by atoms with Crippen molar-refractivity contribution >= 4 is 22.0 Å². The van der Waals surface area contributed by atoms with Gasteiger partial charge in [0.1, 0.15) is 11.8 Å². The summed E-state index contributed by atoms with van der Waals surface area (Å²) in [7, 11) is -2.17. The molecule has 3 amide bonds. The fourth-order valence-electron chi connectivity index (χ4n) is 6.04. The number of carbonyl (C=O) groups is 2. The van der Waals surface area contributed by atoms with Gasteiger partial charge in [-0.15, -0.1) is 0 Å². The highest BCUT2D eigenvalue weighted by Crippen LogP contribution is 2.35. The van der Waals surface area contributed by atoms with Crippen LogP contribution in [0.2, 0.25) is 0 Å². The molecule has 1 aromatic heterocycles. The molecule has 11 nitrogen and oxygen atoms in total. The van der Waals surface area contributed by atoms with Crippen LogP contribution in [0.1, 0.15) is 31.9 Å². The third kappa shape index (κ3) is 5.46. The van der Waals surface area contributed by atoms with Crippen molar-refractivity contribution in [3.63, 3.8) is 0 Å². The maximum atomic E-state index is 13.5. The summed E-state index contributed by atoms with van der Waals surface area (Å²) >= 11 is 0. The van der Waals surface area contributed by atoms with Gasteiger partial charge in [0, 0.05) is 63.5 Å². The third-order valence-corrected chi connectivity index (χ3v) is 10.1. The Kier molecular flexibility index (Phi) is 7.92. The standard InChI is InChI=1S/C28H37N5O6S/c1-19(2)26(29-28(36)31-16-20-15-21(18-31)24-5-4-6-25(34)33(24)17-20)27(35)30-11-13-32(14-12-30)40(37,38)23-9-7-22(39-3)8-10-23/h4-10,19-21,26H,11-18H2,1-3H3,(H,29,36)/t20-,21+,26+/m1/s1. The van der Waals surface area contributed by atoms with Crippen LogP contribution in [0.4, 0.5) is 4.79 Å². The van der Waals surface area contributed by atoms with Gasteiger partial charge in [-0.2, -0.15) is 4.31 Å². The van der Waals surface area contributed by atoms with E-state index in [0.717, 1.165) is 12.1 Å². The minimum atomic E-state index is -3.70. The average molecular weight is 572 g/mol. The SMILES string of the molecule is COc1ccc(S(=O)(=O)N2CCN(C(=O)[C@@H](NC(=O)N3C[C@H]4C[C@@H](C3)c3cccc(=O)n3C4)C(C)C)CC2)cc1. The van der Waals surface area contributed by atoms with Crippen molar-refractivity contribution in [3.8, 4) is 5.75 Å². The predicted octanol–water partition coefficient (Wildman–Crippen LogP) is 1.54. The quantitative estimate of drug-likeness (QED) is 0.562. The number of pyridine rings is 1. The predicted molar refractivity (Wildman–Crippen MR) is 149 cm³/mol. The first kappa shape index (κ1) is 28.2. The van der Waals surface area contributed by atoms with E-state index in [2.05, 4.69) is 5.32 Å². The molecular weight excluding hydrogens is 534 g/mol. The summed E-state index contributed by atoms with van der Waals surface area (Å²) in [5.74, 6) is 0.483. The molecule has 3 atom stereocenters. The van der Waals surface area contributed by atoms with Gasteiger partial charge in [0.25, 0.3) is 5.56 Å². The lowest BCUT2D eigenvalue weighted by Gasteiger charge is -2.43. The summed E-state index contributed by atoms with van der Waals surface area (Å²) < 4.78 is 34.5. The Hall–Kier alpha value is -3.38. The fourth-order valence-corrected chi connectivity index (χ4v) is 7.46. The molecule has 2 aromatic rings. The molecule has 2 saturated heterocycles. The zero-order chi connectivity index (χ0) is 28.6. The van der Waals surface area contributed by atoms with Crippen LogP contribution >= 0.6 is 0 Å². The molecule has 0 spiro atoms. The summed E-state index contributed by atoms with van der Waals surface area (Å²) in [6.45, 7) is 6.23. The molecule has 2 fully saturated rings. The second-order valence-electron chi connectivity index (χ2n) is 11.2. The number of nitrogens with one attached hydrogen (secondary N) is 1. The number of benzene rings is 1. The fraction of sp³-hybridized carbons (Fsp3) is 0.536. The minimum absolute atomic E-state index is 0.00698. The van der Waals surface area contributed by atoms with Crippen LogP contribution in [0.5, 0.6) is 5.75 Å². The number of aromatic nitrogens is 1. The van der Waals surface area contributed by atoms with E-state index < -0.39 is 16.1 Å². The molecule has 0 saturated carbocycles. The Morgan fingerprint density at radius 2 is 1.65 bits per heavy atom. The number of nitrogens with zero attached hydrogens (tertiary/aromatic N) is 4. The second kappa shape index (κ2) is 11.2. The molecule has 0 unspecified atom stereocenters. The topological polar surface area (TPSA) is 121 Å². The Morgan fingerprint density at radius 1 is 0.950 bits per heavy atom. The summed E-state index contributed by atoms with van der Waals surface area (Å²) in [6, 6.07) is 10.5. The lowest BCUT2D eigenvalue weighted by Crippen LogP contribution is -2.59. The Balaban J connectivity index is 1.21. The molecule has 3 aliphatic rings. The summed E-state index contributed by atoms with van der Waals surface area (Å²) in [4.78, 5) is 42.8. The van der Waals surface area contributed by atoms with E-state index in [1.807, 2.05) is 24.5 Å². The van der Waals surface area contributed by atoms with Crippen molar-refractivity contribution in [1.29, 1.82) is 0 Å². The first-order valence-corrected chi connectivity index (χ1v) is 15.2. The van der Waals surface area contributed by atoms with Gasteiger partial charge in [-0.25, -0.2) is 13.2 Å². The molecule has 0 radical (unpaired) electrons. The van der Waals surface area contributed by atoms with Crippen molar-refractivity contribution in [2.45, 2.75) is 43.7 Å². The molecule has 40 heavy (non-hydrogen) atoms. The highest BCUT2D eigenvalue weighted by molar-refractivity contribution is 7.89. The molecule has 2 bridgehead atoms. The minimum Gasteiger partial charge on any atom is -0.497 e. The average Bonchev–Trinajstić information content (AvgIpc) is 2.96. The van der Waals surface area contributed by atoms with Gasteiger partial charge in [0.2, 0.25) is 15.9 Å². The van der Waals surface area contributed by atoms with Crippen molar-refractivity contribution < 1.29 is 22.7 Å². The number of sulfonamides is 1. The molecule has 216 valence electrons. The number of ether oxygens (including phenoxy) is 1. The van der Waals surface area contributed by atoms with Gasteiger partial charge in [-0.05, 0) is 48.6 Å². The van der Waals surface area contributed by atoms with Crippen LogP contribution < -0.4 is 15.6 Å². The number of likely N-dealkylation sites (tertiary alicyclic amines) is 1. The highest BCUT2D eigenvalue weighted by Gasteiger charge is 2.39. The lowest BCUT2D eigenvalue weighted by atomic mass is 9.83. The maximum absolute atomic E-state index is 13.5. The maximum Gasteiger partial charge on any atom is 0.318 e. The molecule has 4 heterocycles. The summed E-state index contributed by atoms with van der Waals surface area (Å²) in [5, 5.41) is 2.97. The van der Waals surface area contributed by atoms with Gasteiger partial charge in [-0.1, -0.05) is 19.9 Å². The van der Waals surface area contributed by atoms with E-state index >= 15 is 0 Å². The Labute approximate surface area is 234 Å². The summed E-state index contributed by atoms with van der Waals surface area (Å²) in [5.41, 5.74) is 0.952. The number of rotatable bonds is 6. The van der Waals surface area contributed by atoms with Crippen LogP contribution in [-0.2, 0) is 21.4 Å². The number of piperazine rings is 1. The number of urea groups is 1. The van der Waals surface area contributed by atoms with E-state index in [9.17, 15) is 22.8 Å². The molecule has 12 heteroatoms. The van der Waals surface area contributed by atoms with Gasteiger partial charge in [0.05, 0.1) is 12.0 Å². The lowest BCUT2D eigenvalue weighted by molar-refractivity contribution is -0.135. The second-order valence-corrected chi connectivity index (χ2v) is 13.1. The zero-order valence-electron chi connectivity index (χ0n) is 23.2. The largest absolute Gasteiger partial charge is 0.497 e. The number of fused-ring (bicyclic) bond motifs is 4. The molecule has 1 N–H and O–H groups in total. The van der Waals surface area contributed by atoms with E-state index in [1.54, 1.807) is 34.1 Å². The van der Waals surface area contributed by atoms with Crippen molar-refractivity contribution in [2.75, 3.05) is 46.4 Å². The smallest absolute Gasteiger partial charge is 0.318 e. The van der Waals surface area contributed by atoms with Crippen LogP contribution in [0.25, 0.3) is 0 Å². The van der Waals surface area contributed by atoms with E-state index in [0.29, 0.717) is 25.4 Å². The van der Waals surface area contributed by atoms with Gasteiger partial charge < -0.3 is 24.4 Å². The number of amides is 3. The van der Waals surface area contributed by atoms with Gasteiger partial charge >= 0.3 is 6.03 Å². The van der Waals surface area contributed by atoms with Crippen LogP contribution in [0.3, 0.4) is 0 Å². The highest BCUT2D eigenvalue weighted by atomic mass is 32.2. The van der Waals surface area contributed by atoms with Crippen LogP contribution in [0.15, 0.2) is 52.2 Å². The molecule has 0 aliphatic carbocycles. The van der Waals surface area contributed by atoms with Crippen molar-refractivity contribution in [3.05, 3.63) is 58.5 Å². The monoisotopic (exact) mass is 571 g/mol. The molecule has 1 aromatic carbocycles. The van der Waals surface area contributed by atoms with Crippen LogP contribution in [0, 0.1) is 11.8 Å². The number of carbonyl (C=O) groups excluding carboxylic acids is 2. The Bertz CT molecular complexity index is 1420. The first-order valence-electron chi connectivity index (χ1n) is 13.8. The van der Waals surface area contributed by atoms with E-state index in [1.165, 1.54) is 23.5 Å². The number of piperidine rings is 1. The van der Waals surface area contributed by atoms with Crippen LogP contribution in [-0.4, -0.2) is 91.4 Å². The molecule has 3 aliphatic heterocycles. The number of hydrogen-bond acceptors (Lipinski definition) is 6. The molecular formula is C28H37N5O6S. The van der Waals surface area contributed by atoms with Crippen molar-refractivity contribution in [2.24, 2.45) is 11.8 Å². The molecule has 5 rings (SSSR count).